The van der Waals surface area contributed by atoms with Gasteiger partial charge < -0.3 is 16.0 Å². The predicted molar refractivity (Wildman–Crippen MR) is 95.1 cm³/mol. The predicted octanol–water partition coefficient (Wildman–Crippen LogP) is 0.635. The summed E-state index contributed by atoms with van der Waals surface area (Å²) in [6.45, 7) is 5.86. The van der Waals surface area contributed by atoms with Gasteiger partial charge in [0.1, 0.15) is 5.54 Å². The number of amides is 4. The number of rotatable bonds is 5. The number of nitrogens with one attached hydrogen (secondary N) is 4. The number of imide groups is 1. The van der Waals surface area contributed by atoms with E-state index in [1.165, 1.54) is 0 Å². The second-order valence-corrected chi connectivity index (χ2v) is 6.65. The van der Waals surface area contributed by atoms with Gasteiger partial charge in [-0.15, -0.1) is 12.4 Å². The van der Waals surface area contributed by atoms with E-state index in [0.717, 1.165) is 18.7 Å². The summed E-state index contributed by atoms with van der Waals surface area (Å²) in [4.78, 5) is 35.4. The highest BCUT2D eigenvalue weighted by molar-refractivity contribution is 6.07. The average molecular weight is 367 g/mol. The second-order valence-electron chi connectivity index (χ2n) is 6.65. The van der Waals surface area contributed by atoms with Crippen molar-refractivity contribution in [1.29, 1.82) is 0 Å². The average Bonchev–Trinajstić information content (AvgIpc) is 2.77. The standard InChI is InChI=1S/C17H22N4O3.ClH/c1-10(12-8-18-9-12)14(22)19-7-11-3-5-13(6-4-11)17(2)15(23)20-16(24)21-17;/h3-6,10,12,18H,7-9H2,1-2H3,(H,19,22)(H2,20,21,23,24);1H. The molecule has 2 aliphatic heterocycles. The molecule has 0 radical (unpaired) electrons. The molecule has 3 rings (SSSR count). The van der Waals surface area contributed by atoms with Gasteiger partial charge in [-0.05, 0) is 37.1 Å². The molecule has 1 aromatic rings. The van der Waals surface area contributed by atoms with E-state index in [1.807, 2.05) is 19.1 Å². The number of halogens is 1. The lowest BCUT2D eigenvalue weighted by molar-refractivity contribution is -0.127. The summed E-state index contributed by atoms with van der Waals surface area (Å²) < 4.78 is 0. The Kier molecular flexibility index (Phi) is 5.69. The molecule has 25 heavy (non-hydrogen) atoms. The quantitative estimate of drug-likeness (QED) is 0.574. The van der Waals surface area contributed by atoms with Crippen LogP contribution in [0.1, 0.15) is 25.0 Å². The number of benzene rings is 1. The van der Waals surface area contributed by atoms with E-state index in [4.69, 9.17) is 0 Å². The molecule has 136 valence electrons. The van der Waals surface area contributed by atoms with Crippen LogP contribution in [0.15, 0.2) is 24.3 Å². The topological polar surface area (TPSA) is 99.3 Å². The fraction of sp³-hybridized carbons (Fsp3) is 0.471. The Morgan fingerprint density at radius 3 is 2.40 bits per heavy atom. The number of carbonyl (C=O) groups excluding carboxylic acids is 3. The van der Waals surface area contributed by atoms with Gasteiger partial charge in [-0.2, -0.15) is 0 Å². The third-order valence-corrected chi connectivity index (χ3v) is 4.98. The third kappa shape index (κ3) is 3.77. The van der Waals surface area contributed by atoms with Crippen molar-refractivity contribution >= 4 is 30.3 Å². The molecule has 7 nitrogen and oxygen atoms in total. The first-order chi connectivity index (χ1) is 11.4. The van der Waals surface area contributed by atoms with Gasteiger partial charge in [0.15, 0.2) is 0 Å². The minimum Gasteiger partial charge on any atom is -0.352 e. The molecule has 2 aliphatic rings. The van der Waals surface area contributed by atoms with Crippen molar-refractivity contribution in [2.45, 2.75) is 25.9 Å². The van der Waals surface area contributed by atoms with Crippen LogP contribution in [0.4, 0.5) is 4.79 Å². The largest absolute Gasteiger partial charge is 0.352 e. The number of hydrogen-bond donors (Lipinski definition) is 4. The van der Waals surface area contributed by atoms with Crippen LogP contribution < -0.4 is 21.3 Å². The molecule has 0 aromatic heterocycles. The molecule has 1 aromatic carbocycles. The Morgan fingerprint density at radius 2 is 1.92 bits per heavy atom. The zero-order chi connectivity index (χ0) is 17.3. The van der Waals surface area contributed by atoms with E-state index in [9.17, 15) is 14.4 Å². The lowest BCUT2D eigenvalue weighted by Gasteiger charge is -2.31. The molecule has 0 bridgehead atoms. The van der Waals surface area contributed by atoms with Crippen molar-refractivity contribution < 1.29 is 14.4 Å². The maximum atomic E-state index is 12.1. The Labute approximate surface area is 152 Å². The van der Waals surface area contributed by atoms with E-state index >= 15 is 0 Å². The maximum Gasteiger partial charge on any atom is 0.322 e. The van der Waals surface area contributed by atoms with Crippen LogP contribution in [0.25, 0.3) is 0 Å². The molecule has 0 saturated carbocycles. The van der Waals surface area contributed by atoms with E-state index in [0.29, 0.717) is 18.0 Å². The zero-order valence-corrected chi connectivity index (χ0v) is 15.0. The van der Waals surface area contributed by atoms with Crippen molar-refractivity contribution in [3.8, 4) is 0 Å². The van der Waals surface area contributed by atoms with E-state index in [2.05, 4.69) is 21.3 Å². The van der Waals surface area contributed by atoms with Crippen LogP contribution in [0.2, 0.25) is 0 Å². The SMILES string of the molecule is CC(C(=O)NCc1ccc(C2(C)NC(=O)NC2=O)cc1)C1CNC1.Cl. The second kappa shape index (κ2) is 7.41. The Hall–Kier alpha value is -2.12. The highest BCUT2D eigenvalue weighted by atomic mass is 35.5. The molecule has 4 amide bonds. The molecule has 0 spiro atoms. The third-order valence-electron chi connectivity index (χ3n) is 4.98. The van der Waals surface area contributed by atoms with Gasteiger partial charge in [0.05, 0.1) is 0 Å². The zero-order valence-electron chi connectivity index (χ0n) is 14.2. The van der Waals surface area contributed by atoms with Crippen molar-refractivity contribution in [2.24, 2.45) is 11.8 Å². The van der Waals surface area contributed by atoms with E-state index in [1.54, 1.807) is 19.1 Å². The van der Waals surface area contributed by atoms with Gasteiger partial charge in [0.25, 0.3) is 5.91 Å². The molecular weight excluding hydrogens is 344 g/mol. The summed E-state index contributed by atoms with van der Waals surface area (Å²) in [5.74, 6) is 0.107. The molecule has 2 unspecified atom stereocenters. The van der Waals surface area contributed by atoms with Crippen molar-refractivity contribution in [1.82, 2.24) is 21.3 Å². The molecule has 0 aliphatic carbocycles. The summed E-state index contributed by atoms with van der Waals surface area (Å²) in [5, 5.41) is 11.0. The highest BCUT2D eigenvalue weighted by Gasteiger charge is 2.43. The summed E-state index contributed by atoms with van der Waals surface area (Å²) in [5.41, 5.74) is 0.596. The summed E-state index contributed by atoms with van der Waals surface area (Å²) in [6, 6.07) is 6.82. The fourth-order valence-corrected chi connectivity index (χ4v) is 2.93. The van der Waals surface area contributed by atoms with Crippen LogP contribution >= 0.6 is 12.4 Å². The number of urea groups is 1. The molecule has 2 fully saturated rings. The van der Waals surface area contributed by atoms with Crippen molar-refractivity contribution in [3.05, 3.63) is 35.4 Å². The van der Waals surface area contributed by atoms with Gasteiger partial charge in [0.2, 0.25) is 5.91 Å². The van der Waals surface area contributed by atoms with Crippen molar-refractivity contribution in [2.75, 3.05) is 13.1 Å². The normalized spacial score (nSPS) is 23.8. The lowest BCUT2D eigenvalue weighted by atomic mass is 9.88. The Morgan fingerprint density at radius 1 is 1.28 bits per heavy atom. The van der Waals surface area contributed by atoms with E-state index < -0.39 is 11.6 Å². The van der Waals surface area contributed by atoms with Gasteiger partial charge in [-0.3, -0.25) is 14.9 Å². The smallest absolute Gasteiger partial charge is 0.322 e. The van der Waals surface area contributed by atoms with Crippen molar-refractivity contribution in [3.63, 3.8) is 0 Å². The fourth-order valence-electron chi connectivity index (χ4n) is 2.93. The first-order valence-electron chi connectivity index (χ1n) is 8.11. The maximum absolute atomic E-state index is 12.1. The molecule has 2 atom stereocenters. The Balaban J connectivity index is 0.00000225. The highest BCUT2D eigenvalue weighted by Crippen LogP contribution is 2.24. The monoisotopic (exact) mass is 366 g/mol. The first kappa shape index (κ1) is 19.2. The first-order valence-corrected chi connectivity index (χ1v) is 8.11. The van der Waals surface area contributed by atoms with Crippen LogP contribution in [0.5, 0.6) is 0 Å². The molecular formula is C17H23ClN4O3. The number of hydrogen-bond acceptors (Lipinski definition) is 4. The van der Waals surface area contributed by atoms with Crippen LogP contribution in [-0.2, 0) is 21.7 Å². The molecule has 4 N–H and O–H groups in total. The van der Waals surface area contributed by atoms with Gasteiger partial charge in [-0.1, -0.05) is 31.2 Å². The summed E-state index contributed by atoms with van der Waals surface area (Å²) in [7, 11) is 0. The van der Waals surface area contributed by atoms with Gasteiger partial charge in [-0.25, -0.2) is 4.79 Å². The van der Waals surface area contributed by atoms with Crippen LogP contribution in [0.3, 0.4) is 0 Å². The molecule has 2 heterocycles. The summed E-state index contributed by atoms with van der Waals surface area (Å²) in [6.07, 6.45) is 0. The Bertz CT molecular complexity index is 675. The van der Waals surface area contributed by atoms with E-state index in [-0.39, 0.29) is 30.1 Å². The lowest BCUT2D eigenvalue weighted by Crippen LogP contribution is -2.49. The summed E-state index contributed by atoms with van der Waals surface area (Å²) >= 11 is 0. The van der Waals surface area contributed by atoms with Gasteiger partial charge in [0, 0.05) is 12.5 Å². The minimum atomic E-state index is -1.05. The van der Waals surface area contributed by atoms with Crippen LogP contribution in [-0.4, -0.2) is 30.9 Å². The minimum absolute atomic E-state index is 0. The molecule has 8 heteroatoms. The van der Waals surface area contributed by atoms with Gasteiger partial charge >= 0.3 is 6.03 Å². The molecule has 2 saturated heterocycles. The van der Waals surface area contributed by atoms with Crippen LogP contribution in [0, 0.1) is 11.8 Å². The number of carbonyl (C=O) groups is 3.